The number of fused-ring (bicyclic) bond motifs is 3. The molecule has 0 unspecified atom stereocenters. The number of aromatic nitrogens is 4. The molecule has 1 aliphatic rings. The third kappa shape index (κ3) is 3.36. The smallest absolute Gasteiger partial charge is 0.267 e. The van der Waals surface area contributed by atoms with Gasteiger partial charge in [0.1, 0.15) is 12.4 Å². The van der Waals surface area contributed by atoms with Crippen LogP contribution >= 0.6 is 0 Å². The Morgan fingerprint density at radius 3 is 3.00 bits per heavy atom. The van der Waals surface area contributed by atoms with Crippen LogP contribution in [0.1, 0.15) is 6.92 Å². The van der Waals surface area contributed by atoms with Crippen molar-refractivity contribution in [3.05, 3.63) is 42.6 Å². The summed E-state index contributed by atoms with van der Waals surface area (Å²) in [6.45, 7) is 2.80. The summed E-state index contributed by atoms with van der Waals surface area (Å²) in [5.41, 5.74) is 1.53. The van der Waals surface area contributed by atoms with E-state index in [0.29, 0.717) is 24.6 Å². The van der Waals surface area contributed by atoms with E-state index in [2.05, 4.69) is 19.8 Å². The number of pyridine rings is 2. The molecule has 146 valence electrons. The van der Waals surface area contributed by atoms with Gasteiger partial charge in [-0.2, -0.15) is 5.10 Å². The Morgan fingerprint density at radius 1 is 1.32 bits per heavy atom. The van der Waals surface area contributed by atoms with Crippen LogP contribution in [-0.2, 0) is 16.6 Å². The minimum atomic E-state index is -4.17. The standard InChI is InChI=1S/C17H16FN5O4S/c1-2-26-17-15(7-11(18)9-19-17)28(24,25)22-12-8-13-14-3-4-21-23(14)5-6-27-16(13)20-10-12/h3-4,7-10,22H,2,5-6H2,1H3. The van der Waals surface area contributed by atoms with Gasteiger partial charge in [0, 0.05) is 12.3 Å². The molecule has 0 saturated carbocycles. The molecule has 0 spiro atoms. The quantitative estimate of drug-likeness (QED) is 0.692. The number of anilines is 1. The fourth-order valence-corrected chi connectivity index (χ4v) is 3.97. The van der Waals surface area contributed by atoms with E-state index in [-0.39, 0.29) is 18.2 Å². The van der Waals surface area contributed by atoms with Gasteiger partial charge in [0.15, 0.2) is 4.90 Å². The van der Waals surface area contributed by atoms with Crippen LogP contribution in [0.4, 0.5) is 10.1 Å². The average molecular weight is 405 g/mol. The highest BCUT2D eigenvalue weighted by molar-refractivity contribution is 7.92. The topological polar surface area (TPSA) is 108 Å². The summed E-state index contributed by atoms with van der Waals surface area (Å²) < 4.78 is 54.2. The third-order valence-electron chi connectivity index (χ3n) is 3.99. The summed E-state index contributed by atoms with van der Waals surface area (Å²) in [6.07, 6.45) is 3.87. The number of nitrogens with zero attached hydrogens (tertiary/aromatic N) is 4. The van der Waals surface area contributed by atoms with E-state index in [4.69, 9.17) is 9.47 Å². The minimum Gasteiger partial charge on any atom is -0.477 e. The highest BCUT2D eigenvalue weighted by Gasteiger charge is 2.24. The molecule has 4 heterocycles. The van der Waals surface area contributed by atoms with Crippen molar-refractivity contribution in [3.63, 3.8) is 0 Å². The molecule has 3 aromatic rings. The van der Waals surface area contributed by atoms with Crippen LogP contribution < -0.4 is 14.2 Å². The molecule has 0 atom stereocenters. The Morgan fingerprint density at radius 2 is 2.18 bits per heavy atom. The van der Waals surface area contributed by atoms with Gasteiger partial charge < -0.3 is 9.47 Å². The zero-order chi connectivity index (χ0) is 19.7. The van der Waals surface area contributed by atoms with Gasteiger partial charge in [0.2, 0.25) is 11.8 Å². The molecule has 0 fully saturated rings. The van der Waals surface area contributed by atoms with Crippen LogP contribution in [-0.4, -0.2) is 41.4 Å². The maximum Gasteiger partial charge on any atom is 0.267 e. The number of ether oxygens (including phenoxy) is 2. The van der Waals surface area contributed by atoms with E-state index in [1.165, 1.54) is 6.20 Å². The van der Waals surface area contributed by atoms with Crippen LogP contribution in [0.2, 0.25) is 0 Å². The second-order valence-electron chi connectivity index (χ2n) is 5.86. The van der Waals surface area contributed by atoms with Gasteiger partial charge in [-0.25, -0.2) is 22.8 Å². The third-order valence-corrected chi connectivity index (χ3v) is 5.37. The first-order valence-electron chi connectivity index (χ1n) is 8.44. The number of hydrogen-bond acceptors (Lipinski definition) is 7. The van der Waals surface area contributed by atoms with Gasteiger partial charge in [-0.15, -0.1) is 0 Å². The zero-order valence-corrected chi connectivity index (χ0v) is 15.6. The lowest BCUT2D eigenvalue weighted by atomic mass is 10.2. The molecule has 1 N–H and O–H groups in total. The van der Waals surface area contributed by atoms with Crippen molar-refractivity contribution < 1.29 is 22.3 Å². The second-order valence-corrected chi connectivity index (χ2v) is 7.51. The first kappa shape index (κ1) is 18.2. The molecule has 0 saturated heterocycles. The average Bonchev–Trinajstić information content (AvgIpc) is 3.06. The van der Waals surface area contributed by atoms with Gasteiger partial charge in [0.25, 0.3) is 10.0 Å². The predicted molar refractivity (Wildman–Crippen MR) is 97.1 cm³/mol. The minimum absolute atomic E-state index is 0.180. The van der Waals surface area contributed by atoms with Crippen molar-refractivity contribution in [1.29, 1.82) is 0 Å². The van der Waals surface area contributed by atoms with Gasteiger partial charge in [-0.05, 0) is 19.1 Å². The molecule has 11 heteroatoms. The molecule has 3 aromatic heterocycles. The Hall–Kier alpha value is -3.21. The van der Waals surface area contributed by atoms with E-state index >= 15 is 0 Å². The molecule has 9 nitrogen and oxygen atoms in total. The lowest BCUT2D eigenvalue weighted by molar-refractivity contribution is 0.290. The van der Waals surface area contributed by atoms with Crippen molar-refractivity contribution in [3.8, 4) is 23.0 Å². The molecule has 28 heavy (non-hydrogen) atoms. The molecule has 0 radical (unpaired) electrons. The predicted octanol–water partition coefficient (Wildman–Crippen LogP) is 2.07. The Balaban J connectivity index is 1.72. The van der Waals surface area contributed by atoms with Crippen LogP contribution in [0.5, 0.6) is 11.8 Å². The Bertz CT molecular complexity index is 1130. The van der Waals surface area contributed by atoms with E-state index in [0.717, 1.165) is 18.0 Å². The van der Waals surface area contributed by atoms with Crippen molar-refractivity contribution in [1.82, 2.24) is 19.7 Å². The lowest BCUT2D eigenvalue weighted by Crippen LogP contribution is -2.16. The molecule has 0 bridgehead atoms. The molecule has 0 amide bonds. The van der Waals surface area contributed by atoms with Gasteiger partial charge in [-0.1, -0.05) is 0 Å². The molecule has 1 aliphatic heterocycles. The summed E-state index contributed by atoms with van der Waals surface area (Å²) in [6, 6.07) is 4.23. The molecular formula is C17H16FN5O4S. The molecule has 0 aliphatic carbocycles. The Labute approximate surface area is 160 Å². The number of halogens is 1. The lowest BCUT2D eigenvalue weighted by Gasteiger charge is -2.13. The number of rotatable bonds is 5. The van der Waals surface area contributed by atoms with Crippen molar-refractivity contribution in [2.75, 3.05) is 17.9 Å². The maximum absolute atomic E-state index is 13.6. The van der Waals surface area contributed by atoms with Gasteiger partial charge in [-0.3, -0.25) is 9.40 Å². The summed E-state index contributed by atoms with van der Waals surface area (Å²) in [4.78, 5) is 7.52. The van der Waals surface area contributed by atoms with Crippen molar-refractivity contribution in [2.45, 2.75) is 18.4 Å². The maximum atomic E-state index is 13.6. The largest absolute Gasteiger partial charge is 0.477 e. The fourth-order valence-electron chi connectivity index (χ4n) is 2.83. The zero-order valence-electron chi connectivity index (χ0n) is 14.8. The normalized spacial score (nSPS) is 13.1. The SMILES string of the molecule is CCOc1ncc(F)cc1S(=O)(=O)Nc1cnc2c(c1)-c1ccnn1CCO2. The summed E-state index contributed by atoms with van der Waals surface area (Å²) >= 11 is 0. The van der Waals surface area contributed by atoms with Crippen LogP contribution in [0.25, 0.3) is 11.3 Å². The monoisotopic (exact) mass is 405 g/mol. The van der Waals surface area contributed by atoms with Crippen molar-refractivity contribution >= 4 is 15.7 Å². The van der Waals surface area contributed by atoms with E-state index in [1.54, 1.807) is 29.9 Å². The number of sulfonamides is 1. The van der Waals surface area contributed by atoms with Crippen molar-refractivity contribution in [2.24, 2.45) is 0 Å². The first-order valence-corrected chi connectivity index (χ1v) is 9.92. The van der Waals surface area contributed by atoms with Gasteiger partial charge in [0.05, 0.1) is 42.5 Å². The van der Waals surface area contributed by atoms with Crippen LogP contribution in [0, 0.1) is 5.82 Å². The highest BCUT2D eigenvalue weighted by atomic mass is 32.2. The second kappa shape index (κ2) is 7.08. The fraction of sp³-hybridized carbons (Fsp3) is 0.235. The van der Waals surface area contributed by atoms with Crippen LogP contribution in [0.15, 0.2) is 41.7 Å². The summed E-state index contributed by atoms with van der Waals surface area (Å²) in [5, 5.41) is 4.21. The van der Waals surface area contributed by atoms with Crippen LogP contribution in [0.3, 0.4) is 0 Å². The number of hydrogen-bond donors (Lipinski definition) is 1. The van der Waals surface area contributed by atoms with E-state index < -0.39 is 20.7 Å². The summed E-state index contributed by atoms with van der Waals surface area (Å²) in [5.74, 6) is -0.591. The molecule has 4 rings (SSSR count). The summed E-state index contributed by atoms with van der Waals surface area (Å²) in [7, 11) is -4.17. The van der Waals surface area contributed by atoms with E-state index in [9.17, 15) is 12.8 Å². The van der Waals surface area contributed by atoms with E-state index in [1.807, 2.05) is 0 Å². The number of nitrogens with one attached hydrogen (secondary N) is 1. The first-order chi connectivity index (χ1) is 13.5. The molecule has 0 aromatic carbocycles. The highest BCUT2D eigenvalue weighted by Crippen LogP contribution is 2.33. The molecular weight excluding hydrogens is 389 g/mol. The Kier molecular flexibility index (Phi) is 4.59. The van der Waals surface area contributed by atoms with Gasteiger partial charge >= 0.3 is 0 Å².